The van der Waals surface area contributed by atoms with Gasteiger partial charge in [0.1, 0.15) is 0 Å². The van der Waals surface area contributed by atoms with Crippen LogP contribution < -0.4 is 5.73 Å². The summed E-state index contributed by atoms with van der Waals surface area (Å²) in [5.74, 6) is -0.750. The first-order valence-electron chi connectivity index (χ1n) is 6.73. The Morgan fingerprint density at radius 1 is 1.39 bits per heavy atom. The van der Waals surface area contributed by atoms with Gasteiger partial charge in [-0.1, -0.05) is 13.8 Å². The number of nitrogens with two attached hydrogens (primary N) is 1. The van der Waals surface area contributed by atoms with Crippen molar-refractivity contribution in [2.45, 2.75) is 51.5 Å². The average molecular weight is 256 g/mol. The van der Waals surface area contributed by atoms with Crippen LogP contribution in [0.15, 0.2) is 0 Å². The first-order valence-corrected chi connectivity index (χ1v) is 6.73. The minimum absolute atomic E-state index is 0.0254. The Morgan fingerprint density at radius 2 is 2.00 bits per heavy atom. The van der Waals surface area contributed by atoms with E-state index in [1.165, 1.54) is 0 Å². The van der Waals surface area contributed by atoms with Gasteiger partial charge in [-0.2, -0.15) is 0 Å². The lowest BCUT2D eigenvalue weighted by molar-refractivity contribution is -0.143. The molecule has 1 unspecified atom stereocenters. The van der Waals surface area contributed by atoms with Gasteiger partial charge in [0.2, 0.25) is 5.91 Å². The fourth-order valence-corrected chi connectivity index (χ4v) is 2.53. The summed E-state index contributed by atoms with van der Waals surface area (Å²) in [6.45, 7) is 5.07. The fourth-order valence-electron chi connectivity index (χ4n) is 2.53. The molecule has 0 saturated carbocycles. The van der Waals surface area contributed by atoms with Crippen LogP contribution in [0.3, 0.4) is 0 Å². The zero-order chi connectivity index (χ0) is 13.8. The summed E-state index contributed by atoms with van der Waals surface area (Å²) in [6.07, 6.45) is 3.11. The van der Waals surface area contributed by atoms with E-state index in [-0.39, 0.29) is 18.2 Å². The first kappa shape index (κ1) is 15.0. The number of hydrogen-bond donors (Lipinski definition) is 2. The summed E-state index contributed by atoms with van der Waals surface area (Å²) in [7, 11) is 0. The van der Waals surface area contributed by atoms with Crippen LogP contribution in [0, 0.1) is 5.92 Å². The minimum atomic E-state index is -0.792. The molecule has 0 aromatic rings. The van der Waals surface area contributed by atoms with E-state index in [1.807, 2.05) is 13.8 Å². The van der Waals surface area contributed by atoms with Crippen molar-refractivity contribution in [3.05, 3.63) is 0 Å². The molecule has 0 aromatic heterocycles. The third-order valence-electron chi connectivity index (χ3n) is 3.96. The predicted molar refractivity (Wildman–Crippen MR) is 69.1 cm³/mol. The number of hydrogen-bond acceptors (Lipinski definition) is 3. The maximum absolute atomic E-state index is 12.4. The van der Waals surface area contributed by atoms with Crippen LogP contribution in [0.5, 0.6) is 0 Å². The third-order valence-corrected chi connectivity index (χ3v) is 3.96. The second kappa shape index (κ2) is 6.18. The van der Waals surface area contributed by atoms with E-state index in [0.717, 1.165) is 12.8 Å². The molecule has 18 heavy (non-hydrogen) atoms. The van der Waals surface area contributed by atoms with Crippen LogP contribution >= 0.6 is 0 Å². The topological polar surface area (TPSA) is 83.6 Å². The lowest BCUT2D eigenvalue weighted by Gasteiger charge is -2.38. The molecule has 1 saturated heterocycles. The van der Waals surface area contributed by atoms with Crippen molar-refractivity contribution in [3.63, 3.8) is 0 Å². The van der Waals surface area contributed by atoms with E-state index in [0.29, 0.717) is 25.9 Å². The molecule has 0 radical (unpaired) electrons. The summed E-state index contributed by atoms with van der Waals surface area (Å²) in [5, 5.41) is 8.81. The number of nitrogens with zero attached hydrogens (tertiary/aromatic N) is 1. The highest BCUT2D eigenvalue weighted by molar-refractivity contribution is 5.86. The normalized spacial score (nSPS) is 20.8. The van der Waals surface area contributed by atoms with E-state index < -0.39 is 11.5 Å². The van der Waals surface area contributed by atoms with Gasteiger partial charge >= 0.3 is 5.97 Å². The summed E-state index contributed by atoms with van der Waals surface area (Å²) in [4.78, 5) is 24.8. The van der Waals surface area contributed by atoms with Gasteiger partial charge in [-0.15, -0.1) is 0 Å². The number of aliphatic carboxylic acids is 1. The van der Waals surface area contributed by atoms with Crippen molar-refractivity contribution in [3.8, 4) is 0 Å². The second-order valence-corrected chi connectivity index (χ2v) is 5.22. The number of carboxylic acids is 1. The molecule has 1 amide bonds. The number of carbonyl (C=O) groups excluding carboxylic acids is 1. The van der Waals surface area contributed by atoms with E-state index in [1.54, 1.807) is 4.90 Å². The van der Waals surface area contributed by atoms with Crippen molar-refractivity contribution >= 4 is 11.9 Å². The Hall–Kier alpha value is -1.10. The maximum Gasteiger partial charge on any atom is 0.303 e. The van der Waals surface area contributed by atoms with Gasteiger partial charge in [0.05, 0.1) is 5.54 Å². The van der Waals surface area contributed by atoms with E-state index in [9.17, 15) is 9.59 Å². The molecule has 5 heteroatoms. The van der Waals surface area contributed by atoms with Crippen LogP contribution in [0.25, 0.3) is 0 Å². The van der Waals surface area contributed by atoms with Gasteiger partial charge in [0, 0.05) is 19.5 Å². The molecule has 0 bridgehead atoms. The van der Waals surface area contributed by atoms with E-state index in [4.69, 9.17) is 10.8 Å². The van der Waals surface area contributed by atoms with Gasteiger partial charge in [-0.25, -0.2) is 0 Å². The quantitative estimate of drug-likeness (QED) is 0.774. The zero-order valence-electron chi connectivity index (χ0n) is 11.3. The van der Waals surface area contributed by atoms with Gasteiger partial charge in [-0.05, 0) is 31.6 Å². The van der Waals surface area contributed by atoms with Crippen molar-refractivity contribution in [1.29, 1.82) is 0 Å². The molecule has 1 fully saturated rings. The molecule has 104 valence electrons. The Kier molecular flexibility index (Phi) is 5.14. The Balaban J connectivity index is 2.66. The lowest BCUT2D eigenvalue weighted by atomic mass is 9.89. The molecule has 1 rings (SSSR count). The largest absolute Gasteiger partial charge is 0.481 e. The van der Waals surface area contributed by atoms with Gasteiger partial charge in [0.25, 0.3) is 0 Å². The van der Waals surface area contributed by atoms with E-state index in [2.05, 4.69) is 0 Å². The number of amides is 1. The molecule has 0 aliphatic carbocycles. The molecule has 1 aliphatic rings. The van der Waals surface area contributed by atoms with Crippen LogP contribution in [0.2, 0.25) is 0 Å². The maximum atomic E-state index is 12.4. The van der Waals surface area contributed by atoms with Gasteiger partial charge < -0.3 is 15.7 Å². The fraction of sp³-hybridized carbons (Fsp3) is 0.846. The highest BCUT2D eigenvalue weighted by Gasteiger charge is 2.36. The van der Waals surface area contributed by atoms with Crippen molar-refractivity contribution in [1.82, 2.24) is 4.90 Å². The number of likely N-dealkylation sites (tertiary alicyclic amines) is 1. The summed E-state index contributed by atoms with van der Waals surface area (Å²) in [5.41, 5.74) is 5.32. The van der Waals surface area contributed by atoms with Gasteiger partial charge in [-0.3, -0.25) is 9.59 Å². The molecule has 0 aromatic carbocycles. The molecular weight excluding hydrogens is 232 g/mol. The minimum Gasteiger partial charge on any atom is -0.481 e. The Bertz CT molecular complexity index is 313. The van der Waals surface area contributed by atoms with Crippen LogP contribution in [0.1, 0.15) is 46.0 Å². The highest BCUT2D eigenvalue weighted by atomic mass is 16.4. The van der Waals surface area contributed by atoms with Crippen molar-refractivity contribution in [2.75, 3.05) is 13.1 Å². The van der Waals surface area contributed by atoms with Gasteiger partial charge in [0.15, 0.2) is 0 Å². The number of rotatable bonds is 5. The van der Waals surface area contributed by atoms with Crippen molar-refractivity contribution in [2.24, 2.45) is 11.7 Å². The second-order valence-electron chi connectivity index (χ2n) is 5.22. The van der Waals surface area contributed by atoms with E-state index >= 15 is 0 Å². The Morgan fingerprint density at radius 3 is 2.50 bits per heavy atom. The smallest absolute Gasteiger partial charge is 0.303 e. The molecule has 3 N–H and O–H groups in total. The molecule has 5 nitrogen and oxygen atoms in total. The van der Waals surface area contributed by atoms with Crippen molar-refractivity contribution < 1.29 is 14.7 Å². The monoisotopic (exact) mass is 256 g/mol. The number of carboxylic acid groups (broad SMARTS) is 1. The summed E-state index contributed by atoms with van der Waals surface area (Å²) in [6, 6.07) is 0. The highest BCUT2D eigenvalue weighted by Crippen LogP contribution is 2.23. The molecule has 1 heterocycles. The predicted octanol–water partition coefficient (Wildman–Crippen LogP) is 1.22. The SMILES string of the molecule is CCC(N)(CC)C(=O)N1CCCC(CC(=O)O)C1. The Labute approximate surface area is 108 Å². The van der Waals surface area contributed by atoms with Crippen LogP contribution in [-0.2, 0) is 9.59 Å². The average Bonchev–Trinajstić information content (AvgIpc) is 2.36. The number of carbonyl (C=O) groups is 2. The molecule has 0 spiro atoms. The molecular formula is C13H24N2O3. The molecule has 1 atom stereocenters. The summed E-state index contributed by atoms with van der Waals surface area (Å²) < 4.78 is 0. The first-order chi connectivity index (χ1) is 8.42. The number of piperidine rings is 1. The summed E-state index contributed by atoms with van der Waals surface area (Å²) >= 11 is 0. The standard InChI is InChI=1S/C13H24N2O3/c1-3-13(14,4-2)12(18)15-7-5-6-10(9-15)8-11(16)17/h10H,3-9,14H2,1-2H3,(H,16,17). The molecule has 1 aliphatic heterocycles. The zero-order valence-corrected chi connectivity index (χ0v) is 11.3. The lowest BCUT2D eigenvalue weighted by Crippen LogP contribution is -2.56. The van der Waals surface area contributed by atoms with Crippen LogP contribution in [-0.4, -0.2) is 40.5 Å². The third kappa shape index (κ3) is 3.45. The van der Waals surface area contributed by atoms with Crippen LogP contribution in [0.4, 0.5) is 0 Å².